The molecule has 0 spiro atoms. The number of methoxy groups -OCH3 is 2. The second-order valence-corrected chi connectivity index (χ2v) is 5.66. The Kier molecular flexibility index (Phi) is 9.39. The molecule has 0 unspecified atom stereocenters. The SMILES string of the molecule is COC(=O)/C=C/OC[C@H]1O[C@H](OC)[C@H](OC(C)=O)[C@@H](OC(C)=O)[C@@H]1OC(C)=O. The van der Waals surface area contributed by atoms with Gasteiger partial charge in [0.15, 0.2) is 24.6 Å². The van der Waals surface area contributed by atoms with E-state index < -0.39 is 54.6 Å². The highest BCUT2D eigenvalue weighted by Crippen LogP contribution is 2.29. The molecule has 0 N–H and O–H groups in total. The highest BCUT2D eigenvalue weighted by atomic mass is 16.7. The summed E-state index contributed by atoms with van der Waals surface area (Å²) in [6.07, 6.45) is -3.54. The molecule has 1 aliphatic rings. The predicted octanol–water partition coefficient (Wildman–Crippen LogP) is -0.144. The molecular formula is C17H24O11. The van der Waals surface area contributed by atoms with Crippen molar-refractivity contribution in [2.75, 3.05) is 20.8 Å². The average molecular weight is 404 g/mol. The standard InChI is InChI=1S/C17H24O11/c1-9(18)25-14-12(8-24-7-6-13(21)22-4)28-17(23-5)16(27-11(3)20)15(14)26-10(2)19/h6-7,12,14-17H,8H2,1-5H3/b7-6+/t12-,14-,15+,16-,17+/m1/s1. The lowest BCUT2D eigenvalue weighted by Gasteiger charge is -2.43. The zero-order chi connectivity index (χ0) is 21.3. The van der Waals surface area contributed by atoms with Gasteiger partial charge in [0.05, 0.1) is 19.4 Å². The molecule has 0 radical (unpaired) electrons. The van der Waals surface area contributed by atoms with Crippen LogP contribution in [-0.4, -0.2) is 75.4 Å². The summed E-state index contributed by atoms with van der Waals surface area (Å²) in [6, 6.07) is 0. The van der Waals surface area contributed by atoms with Gasteiger partial charge in [0, 0.05) is 27.9 Å². The van der Waals surface area contributed by atoms with E-state index in [-0.39, 0.29) is 6.61 Å². The zero-order valence-corrected chi connectivity index (χ0v) is 16.2. The molecule has 0 bridgehead atoms. The van der Waals surface area contributed by atoms with Crippen LogP contribution < -0.4 is 0 Å². The van der Waals surface area contributed by atoms with E-state index in [0.29, 0.717) is 0 Å². The fourth-order valence-corrected chi connectivity index (χ4v) is 2.50. The lowest BCUT2D eigenvalue weighted by atomic mass is 9.98. The molecule has 1 heterocycles. The van der Waals surface area contributed by atoms with E-state index in [2.05, 4.69) is 4.74 Å². The van der Waals surface area contributed by atoms with Crippen molar-refractivity contribution in [1.29, 1.82) is 0 Å². The molecule has 1 saturated heterocycles. The number of rotatable bonds is 8. The summed E-state index contributed by atoms with van der Waals surface area (Å²) in [5.41, 5.74) is 0. The van der Waals surface area contributed by atoms with Crippen LogP contribution >= 0.6 is 0 Å². The fraction of sp³-hybridized carbons (Fsp3) is 0.647. The fourth-order valence-electron chi connectivity index (χ4n) is 2.50. The molecular weight excluding hydrogens is 380 g/mol. The molecule has 0 aliphatic carbocycles. The minimum absolute atomic E-state index is 0.199. The van der Waals surface area contributed by atoms with Crippen LogP contribution in [0.5, 0.6) is 0 Å². The van der Waals surface area contributed by atoms with E-state index in [0.717, 1.165) is 33.1 Å². The smallest absolute Gasteiger partial charge is 0.333 e. The van der Waals surface area contributed by atoms with Crippen LogP contribution in [0, 0.1) is 0 Å². The van der Waals surface area contributed by atoms with Gasteiger partial charge < -0.3 is 33.2 Å². The quantitative estimate of drug-likeness (QED) is 0.231. The molecule has 0 saturated carbocycles. The number of hydrogen-bond acceptors (Lipinski definition) is 11. The molecule has 11 heteroatoms. The Balaban J connectivity index is 3.09. The summed E-state index contributed by atoms with van der Waals surface area (Å²) < 4.78 is 36.1. The number of ether oxygens (including phenoxy) is 7. The number of esters is 4. The van der Waals surface area contributed by atoms with Crippen molar-refractivity contribution < 1.29 is 52.3 Å². The molecule has 11 nitrogen and oxygen atoms in total. The summed E-state index contributed by atoms with van der Waals surface area (Å²) in [4.78, 5) is 45.7. The van der Waals surface area contributed by atoms with E-state index in [1.807, 2.05) is 0 Å². The van der Waals surface area contributed by atoms with Crippen LogP contribution in [0.1, 0.15) is 20.8 Å². The topological polar surface area (TPSA) is 133 Å². The van der Waals surface area contributed by atoms with E-state index in [4.69, 9.17) is 28.4 Å². The zero-order valence-electron chi connectivity index (χ0n) is 16.2. The Hall–Kier alpha value is -2.66. The lowest BCUT2D eigenvalue weighted by molar-refractivity contribution is -0.302. The van der Waals surface area contributed by atoms with Crippen LogP contribution in [-0.2, 0) is 52.3 Å². The Morgan fingerprint density at radius 1 is 0.857 bits per heavy atom. The first kappa shape index (κ1) is 23.4. The van der Waals surface area contributed by atoms with Gasteiger partial charge in [-0.25, -0.2) is 4.79 Å². The van der Waals surface area contributed by atoms with Crippen molar-refractivity contribution in [3.8, 4) is 0 Å². The molecule has 28 heavy (non-hydrogen) atoms. The van der Waals surface area contributed by atoms with Crippen molar-refractivity contribution in [3.05, 3.63) is 12.3 Å². The molecule has 1 fully saturated rings. The van der Waals surface area contributed by atoms with Gasteiger partial charge in [-0.1, -0.05) is 0 Å². The van der Waals surface area contributed by atoms with Crippen LogP contribution in [0.4, 0.5) is 0 Å². The Morgan fingerprint density at radius 2 is 1.39 bits per heavy atom. The normalized spacial score (nSPS) is 27.0. The third-order valence-electron chi connectivity index (χ3n) is 3.49. The van der Waals surface area contributed by atoms with Crippen LogP contribution in [0.15, 0.2) is 12.3 Å². The lowest BCUT2D eigenvalue weighted by Crippen LogP contribution is -2.62. The van der Waals surface area contributed by atoms with Gasteiger partial charge >= 0.3 is 23.9 Å². The van der Waals surface area contributed by atoms with Crippen LogP contribution in [0.3, 0.4) is 0 Å². The van der Waals surface area contributed by atoms with E-state index >= 15 is 0 Å². The maximum atomic E-state index is 11.6. The molecule has 0 aromatic heterocycles. The highest BCUT2D eigenvalue weighted by molar-refractivity contribution is 5.81. The Bertz CT molecular complexity index is 600. The first-order valence-corrected chi connectivity index (χ1v) is 8.25. The largest absolute Gasteiger partial charge is 0.498 e. The maximum absolute atomic E-state index is 11.6. The van der Waals surface area contributed by atoms with Crippen molar-refractivity contribution in [2.45, 2.75) is 51.5 Å². The summed E-state index contributed by atoms with van der Waals surface area (Å²) in [6.45, 7) is 3.27. The van der Waals surface area contributed by atoms with Crippen LogP contribution in [0.25, 0.3) is 0 Å². The summed E-state index contributed by atoms with van der Waals surface area (Å²) in [7, 11) is 2.50. The molecule has 5 atom stereocenters. The number of carbonyl (C=O) groups is 4. The highest BCUT2D eigenvalue weighted by Gasteiger charge is 2.52. The van der Waals surface area contributed by atoms with Crippen molar-refractivity contribution in [2.24, 2.45) is 0 Å². The summed E-state index contributed by atoms with van der Waals surface area (Å²) in [5, 5.41) is 0. The number of hydrogen-bond donors (Lipinski definition) is 0. The molecule has 0 aromatic rings. The van der Waals surface area contributed by atoms with Gasteiger partial charge in [0.2, 0.25) is 0 Å². The molecule has 1 rings (SSSR count). The first-order chi connectivity index (χ1) is 13.2. The van der Waals surface area contributed by atoms with Crippen molar-refractivity contribution in [3.63, 3.8) is 0 Å². The third-order valence-corrected chi connectivity index (χ3v) is 3.49. The second kappa shape index (κ2) is 11.2. The molecule has 1 aliphatic heterocycles. The Labute approximate surface area is 161 Å². The van der Waals surface area contributed by atoms with Gasteiger partial charge in [-0.15, -0.1) is 0 Å². The van der Waals surface area contributed by atoms with Crippen molar-refractivity contribution in [1.82, 2.24) is 0 Å². The van der Waals surface area contributed by atoms with Gasteiger partial charge in [0.1, 0.15) is 12.7 Å². The van der Waals surface area contributed by atoms with Crippen LogP contribution in [0.2, 0.25) is 0 Å². The van der Waals surface area contributed by atoms with E-state index in [1.165, 1.54) is 14.2 Å². The van der Waals surface area contributed by atoms with Gasteiger partial charge in [-0.3, -0.25) is 14.4 Å². The molecule has 0 aromatic carbocycles. The maximum Gasteiger partial charge on any atom is 0.333 e. The second-order valence-electron chi connectivity index (χ2n) is 5.66. The minimum atomic E-state index is -1.21. The number of carbonyl (C=O) groups excluding carboxylic acids is 4. The molecule has 158 valence electrons. The van der Waals surface area contributed by atoms with Gasteiger partial charge in [-0.2, -0.15) is 0 Å². The van der Waals surface area contributed by atoms with Gasteiger partial charge in [0.25, 0.3) is 0 Å². The van der Waals surface area contributed by atoms with Gasteiger partial charge in [-0.05, 0) is 0 Å². The van der Waals surface area contributed by atoms with Crippen molar-refractivity contribution >= 4 is 23.9 Å². The molecule has 0 amide bonds. The van der Waals surface area contributed by atoms with E-state index in [1.54, 1.807) is 0 Å². The first-order valence-electron chi connectivity index (χ1n) is 8.25. The summed E-state index contributed by atoms with van der Waals surface area (Å²) in [5.74, 6) is -2.69. The van der Waals surface area contributed by atoms with E-state index in [9.17, 15) is 19.2 Å². The average Bonchev–Trinajstić information content (AvgIpc) is 2.61. The minimum Gasteiger partial charge on any atom is -0.498 e. The monoisotopic (exact) mass is 404 g/mol. The predicted molar refractivity (Wildman–Crippen MR) is 89.4 cm³/mol. The third kappa shape index (κ3) is 7.16. The Morgan fingerprint density at radius 3 is 1.89 bits per heavy atom. The summed E-state index contributed by atoms with van der Waals surface area (Å²) >= 11 is 0.